The first-order valence-corrected chi connectivity index (χ1v) is 10.5. The van der Waals surface area contributed by atoms with E-state index in [1.54, 1.807) is 6.33 Å². The molecule has 4 heterocycles. The van der Waals surface area contributed by atoms with Gasteiger partial charge in [0.25, 0.3) is 5.91 Å². The third-order valence-corrected chi connectivity index (χ3v) is 5.95. The molecule has 1 amide bonds. The monoisotopic (exact) mass is 406 g/mol. The lowest BCUT2D eigenvalue weighted by molar-refractivity contribution is 0.0931. The number of aromatic nitrogens is 3. The van der Waals surface area contributed by atoms with E-state index in [1.807, 2.05) is 30.5 Å². The Hall–Kier alpha value is -3.13. The van der Waals surface area contributed by atoms with Crippen LogP contribution in [-0.2, 0) is 4.74 Å². The molecule has 0 radical (unpaired) electrons. The molecule has 8 heteroatoms. The van der Waals surface area contributed by atoms with Crippen molar-refractivity contribution in [2.45, 2.75) is 18.9 Å². The highest BCUT2D eigenvalue weighted by atomic mass is 16.5. The van der Waals surface area contributed by atoms with Crippen LogP contribution in [0.15, 0.2) is 42.9 Å². The summed E-state index contributed by atoms with van der Waals surface area (Å²) in [6, 6.07) is 10.1. The first-order valence-electron chi connectivity index (χ1n) is 10.5. The smallest absolute Gasteiger partial charge is 0.251 e. The number of nitrogens with zero attached hydrogens (tertiary/aromatic N) is 4. The SMILES string of the molecule is O=C(NC1CCN(c2ncnc3[nH]ccc23)CC1)c1cccc(N2CCOCC2)c1. The lowest BCUT2D eigenvalue weighted by Crippen LogP contribution is -2.45. The number of amides is 1. The number of H-pyrrole nitrogens is 1. The number of morpholine rings is 1. The molecule has 30 heavy (non-hydrogen) atoms. The van der Waals surface area contributed by atoms with Gasteiger partial charge >= 0.3 is 0 Å². The summed E-state index contributed by atoms with van der Waals surface area (Å²) in [5.41, 5.74) is 2.65. The Kier molecular flexibility index (Phi) is 5.23. The molecule has 0 unspecified atom stereocenters. The lowest BCUT2D eigenvalue weighted by atomic mass is 10.0. The van der Waals surface area contributed by atoms with Gasteiger partial charge in [-0.3, -0.25) is 4.79 Å². The lowest BCUT2D eigenvalue weighted by Gasteiger charge is -2.33. The van der Waals surface area contributed by atoms with Crippen LogP contribution in [0.4, 0.5) is 11.5 Å². The van der Waals surface area contributed by atoms with E-state index in [0.717, 1.165) is 74.8 Å². The third-order valence-electron chi connectivity index (χ3n) is 5.95. The Morgan fingerprint density at radius 3 is 2.73 bits per heavy atom. The van der Waals surface area contributed by atoms with Crippen molar-refractivity contribution in [1.29, 1.82) is 0 Å². The average molecular weight is 406 g/mol. The maximum absolute atomic E-state index is 12.8. The molecule has 2 fully saturated rings. The minimum absolute atomic E-state index is 0.00128. The largest absolute Gasteiger partial charge is 0.378 e. The first kappa shape index (κ1) is 18.9. The predicted octanol–water partition coefficient (Wildman–Crippen LogP) is 2.19. The van der Waals surface area contributed by atoms with Crippen molar-refractivity contribution in [3.8, 4) is 0 Å². The highest BCUT2D eigenvalue weighted by Crippen LogP contribution is 2.25. The molecule has 2 aliphatic rings. The Balaban J connectivity index is 1.20. The van der Waals surface area contributed by atoms with Gasteiger partial charge in [-0.1, -0.05) is 6.07 Å². The van der Waals surface area contributed by atoms with Crippen molar-refractivity contribution < 1.29 is 9.53 Å². The molecule has 0 atom stereocenters. The fraction of sp³-hybridized carbons (Fsp3) is 0.409. The average Bonchev–Trinajstić information content (AvgIpc) is 3.29. The predicted molar refractivity (Wildman–Crippen MR) is 116 cm³/mol. The van der Waals surface area contributed by atoms with Crippen molar-refractivity contribution in [3.63, 3.8) is 0 Å². The number of nitrogens with one attached hydrogen (secondary N) is 2. The molecule has 1 aromatic carbocycles. The molecule has 3 aromatic rings. The fourth-order valence-electron chi connectivity index (χ4n) is 4.28. The van der Waals surface area contributed by atoms with E-state index < -0.39 is 0 Å². The van der Waals surface area contributed by atoms with Crippen molar-refractivity contribution in [2.24, 2.45) is 0 Å². The number of carbonyl (C=O) groups is 1. The number of benzene rings is 1. The summed E-state index contributed by atoms with van der Waals surface area (Å²) in [5, 5.41) is 4.26. The quantitative estimate of drug-likeness (QED) is 0.691. The van der Waals surface area contributed by atoms with Crippen molar-refractivity contribution in [1.82, 2.24) is 20.3 Å². The topological polar surface area (TPSA) is 86.4 Å². The van der Waals surface area contributed by atoms with E-state index in [-0.39, 0.29) is 11.9 Å². The van der Waals surface area contributed by atoms with Crippen LogP contribution < -0.4 is 15.1 Å². The summed E-state index contributed by atoms with van der Waals surface area (Å²) in [6.07, 6.45) is 5.28. The van der Waals surface area contributed by atoms with Gasteiger partial charge in [0.15, 0.2) is 0 Å². The van der Waals surface area contributed by atoms with Gasteiger partial charge in [0.1, 0.15) is 17.8 Å². The number of fused-ring (bicyclic) bond motifs is 1. The van der Waals surface area contributed by atoms with Gasteiger partial charge < -0.3 is 24.8 Å². The minimum atomic E-state index is -0.00128. The Morgan fingerprint density at radius 1 is 1.07 bits per heavy atom. The number of aromatic amines is 1. The normalized spacial score (nSPS) is 18.0. The van der Waals surface area contributed by atoms with Crippen molar-refractivity contribution >= 4 is 28.4 Å². The molecular weight excluding hydrogens is 380 g/mol. The van der Waals surface area contributed by atoms with Crippen LogP contribution in [0.2, 0.25) is 0 Å². The fourth-order valence-corrected chi connectivity index (χ4v) is 4.28. The van der Waals surface area contributed by atoms with E-state index in [4.69, 9.17) is 4.74 Å². The molecular formula is C22H26N6O2. The molecule has 2 saturated heterocycles. The molecule has 0 saturated carbocycles. The number of anilines is 2. The maximum atomic E-state index is 12.8. The highest BCUT2D eigenvalue weighted by Gasteiger charge is 2.23. The zero-order chi connectivity index (χ0) is 20.3. The Morgan fingerprint density at radius 2 is 1.90 bits per heavy atom. The molecule has 2 aromatic heterocycles. The van der Waals surface area contributed by atoms with Crippen molar-refractivity contribution in [2.75, 3.05) is 49.2 Å². The number of ether oxygens (including phenoxy) is 1. The van der Waals surface area contributed by atoms with Crippen LogP contribution in [-0.4, -0.2) is 66.3 Å². The second-order valence-corrected chi connectivity index (χ2v) is 7.82. The van der Waals surface area contributed by atoms with Crippen LogP contribution in [0.3, 0.4) is 0 Å². The van der Waals surface area contributed by atoms with Crippen LogP contribution in [0.5, 0.6) is 0 Å². The zero-order valence-corrected chi connectivity index (χ0v) is 16.9. The van der Waals surface area contributed by atoms with Gasteiger partial charge in [-0.25, -0.2) is 9.97 Å². The molecule has 0 aliphatic carbocycles. The number of carbonyl (C=O) groups excluding carboxylic acids is 1. The van der Waals surface area contributed by atoms with E-state index in [1.165, 1.54) is 0 Å². The van der Waals surface area contributed by atoms with Gasteiger partial charge in [-0.2, -0.15) is 0 Å². The highest BCUT2D eigenvalue weighted by molar-refractivity contribution is 5.95. The summed E-state index contributed by atoms with van der Waals surface area (Å²) in [6.45, 7) is 4.90. The molecule has 156 valence electrons. The van der Waals surface area contributed by atoms with E-state index in [0.29, 0.717) is 5.56 Å². The summed E-state index contributed by atoms with van der Waals surface area (Å²) in [7, 11) is 0. The van der Waals surface area contributed by atoms with E-state index in [2.05, 4.69) is 36.1 Å². The standard InChI is InChI=1S/C22H26N6O2/c29-22(16-2-1-3-18(14-16)27-10-12-30-13-11-27)26-17-5-8-28(9-6-17)21-19-4-7-23-20(19)24-15-25-21/h1-4,7,14-15,17H,5-6,8-13H2,(H,26,29)(H,23,24,25). The summed E-state index contributed by atoms with van der Waals surface area (Å²) < 4.78 is 5.42. The van der Waals surface area contributed by atoms with Gasteiger partial charge in [0.2, 0.25) is 0 Å². The molecule has 2 N–H and O–H groups in total. The Bertz CT molecular complexity index is 1020. The first-order chi connectivity index (χ1) is 14.8. The number of hydrogen-bond acceptors (Lipinski definition) is 6. The zero-order valence-electron chi connectivity index (χ0n) is 16.9. The number of rotatable bonds is 4. The summed E-state index contributed by atoms with van der Waals surface area (Å²) in [5.74, 6) is 0.961. The van der Waals surface area contributed by atoms with Crippen molar-refractivity contribution in [3.05, 3.63) is 48.4 Å². The molecule has 2 aliphatic heterocycles. The molecule has 8 nitrogen and oxygen atoms in total. The van der Waals surface area contributed by atoms with Crippen LogP contribution in [0, 0.1) is 0 Å². The van der Waals surface area contributed by atoms with Gasteiger partial charge in [-0.15, -0.1) is 0 Å². The Labute approximate surface area is 175 Å². The molecule has 5 rings (SSSR count). The second-order valence-electron chi connectivity index (χ2n) is 7.82. The number of piperidine rings is 1. The second kappa shape index (κ2) is 8.31. The van der Waals surface area contributed by atoms with Crippen LogP contribution in [0.25, 0.3) is 11.0 Å². The van der Waals surface area contributed by atoms with Crippen LogP contribution >= 0.6 is 0 Å². The van der Waals surface area contributed by atoms with Crippen LogP contribution in [0.1, 0.15) is 23.2 Å². The number of hydrogen-bond donors (Lipinski definition) is 2. The van der Waals surface area contributed by atoms with E-state index >= 15 is 0 Å². The third kappa shape index (κ3) is 3.82. The van der Waals surface area contributed by atoms with Gasteiger partial charge in [0.05, 0.1) is 18.6 Å². The molecule has 0 bridgehead atoms. The molecule has 0 spiro atoms. The van der Waals surface area contributed by atoms with Gasteiger partial charge in [-0.05, 0) is 37.1 Å². The van der Waals surface area contributed by atoms with E-state index in [9.17, 15) is 4.79 Å². The minimum Gasteiger partial charge on any atom is -0.378 e. The van der Waals surface area contributed by atoms with Gasteiger partial charge in [0, 0.05) is 49.7 Å². The maximum Gasteiger partial charge on any atom is 0.251 e. The summed E-state index contributed by atoms with van der Waals surface area (Å²) in [4.78, 5) is 29.3. The summed E-state index contributed by atoms with van der Waals surface area (Å²) >= 11 is 0.